The minimum Gasteiger partial charge on any atom is -0.144 e. The molecule has 1 heterocycles. The van der Waals surface area contributed by atoms with Gasteiger partial charge in [0.05, 0.1) is 0 Å². The van der Waals surface area contributed by atoms with Gasteiger partial charge in [-0.1, -0.05) is 84.9 Å². The van der Waals surface area contributed by atoms with E-state index in [1.807, 2.05) is 11.3 Å². The Hall–Kier alpha value is -2.64. The van der Waals surface area contributed by atoms with E-state index >= 15 is 0 Å². The molecule has 0 unspecified atom stereocenters. The molecular formula is C23H18S. The second kappa shape index (κ2) is 6.86. The first kappa shape index (κ1) is 14.9. The summed E-state index contributed by atoms with van der Waals surface area (Å²) in [6.07, 6.45) is 0.985. The Bertz CT molecular complexity index is 903. The average molecular weight is 326 g/mol. The van der Waals surface area contributed by atoms with Gasteiger partial charge in [0.15, 0.2) is 0 Å². The number of thiophene rings is 1. The Morgan fingerprint density at radius 2 is 1.12 bits per heavy atom. The summed E-state index contributed by atoms with van der Waals surface area (Å²) in [5, 5.41) is 2.27. The third-order valence-corrected chi connectivity index (χ3v) is 5.21. The Morgan fingerprint density at radius 1 is 0.542 bits per heavy atom. The first-order valence-corrected chi connectivity index (χ1v) is 9.04. The molecule has 0 atom stereocenters. The van der Waals surface area contributed by atoms with E-state index in [9.17, 15) is 0 Å². The Morgan fingerprint density at radius 3 is 1.79 bits per heavy atom. The summed E-state index contributed by atoms with van der Waals surface area (Å²) in [4.78, 5) is 1.34. The Labute approximate surface area is 147 Å². The van der Waals surface area contributed by atoms with E-state index in [0.717, 1.165) is 6.42 Å². The monoisotopic (exact) mass is 326 g/mol. The maximum absolute atomic E-state index is 2.31. The van der Waals surface area contributed by atoms with Gasteiger partial charge in [0, 0.05) is 4.88 Å². The van der Waals surface area contributed by atoms with Gasteiger partial charge in [0.1, 0.15) is 0 Å². The maximum Gasteiger partial charge on any atom is 0.0345 e. The molecule has 0 N–H and O–H groups in total. The molecule has 0 saturated carbocycles. The van der Waals surface area contributed by atoms with Crippen molar-refractivity contribution in [3.63, 3.8) is 0 Å². The molecule has 1 heteroatoms. The molecule has 4 aromatic rings. The van der Waals surface area contributed by atoms with Crippen LogP contribution in [0.4, 0.5) is 0 Å². The molecule has 0 saturated heterocycles. The molecule has 116 valence electrons. The van der Waals surface area contributed by atoms with E-state index in [-0.39, 0.29) is 0 Å². The van der Waals surface area contributed by atoms with E-state index in [0.29, 0.717) is 0 Å². The highest BCUT2D eigenvalue weighted by Gasteiger charge is 2.04. The lowest BCUT2D eigenvalue weighted by molar-refractivity contribution is 1.21. The fraction of sp³-hybridized carbons (Fsp3) is 0.0435. The molecule has 4 rings (SSSR count). The van der Waals surface area contributed by atoms with Crippen LogP contribution < -0.4 is 0 Å². The smallest absolute Gasteiger partial charge is 0.0345 e. The van der Waals surface area contributed by atoms with Gasteiger partial charge in [-0.2, -0.15) is 0 Å². The summed E-state index contributed by atoms with van der Waals surface area (Å²) in [6.45, 7) is 0. The van der Waals surface area contributed by atoms with Gasteiger partial charge in [-0.15, -0.1) is 11.3 Å². The highest BCUT2D eigenvalue weighted by atomic mass is 32.1. The Balaban J connectivity index is 1.51. The number of hydrogen-bond acceptors (Lipinski definition) is 1. The van der Waals surface area contributed by atoms with Crippen LogP contribution in [0.15, 0.2) is 96.4 Å². The van der Waals surface area contributed by atoms with Gasteiger partial charge in [-0.25, -0.2) is 0 Å². The third-order valence-electron chi connectivity index (χ3n) is 4.18. The van der Waals surface area contributed by atoms with Crippen molar-refractivity contribution in [2.24, 2.45) is 0 Å². The highest BCUT2D eigenvalue weighted by Crippen LogP contribution is 2.28. The molecule has 3 aromatic carbocycles. The molecule has 24 heavy (non-hydrogen) atoms. The van der Waals surface area contributed by atoms with Crippen LogP contribution in [-0.2, 0) is 6.42 Å². The SMILES string of the molecule is c1ccc(-c2ccc(Cc3csc(-c4ccccc4)c3)cc2)cc1. The van der Waals surface area contributed by atoms with Gasteiger partial charge < -0.3 is 0 Å². The van der Waals surface area contributed by atoms with Crippen molar-refractivity contribution in [3.8, 4) is 21.6 Å². The molecule has 0 fully saturated rings. The lowest BCUT2D eigenvalue weighted by Gasteiger charge is -2.04. The summed E-state index contributed by atoms with van der Waals surface area (Å²) in [5.41, 5.74) is 6.58. The molecule has 0 aliphatic heterocycles. The molecule has 0 amide bonds. The van der Waals surface area contributed by atoms with Crippen molar-refractivity contribution in [2.75, 3.05) is 0 Å². The van der Waals surface area contributed by atoms with Crippen LogP contribution in [0.5, 0.6) is 0 Å². The van der Waals surface area contributed by atoms with Gasteiger partial charge in [-0.05, 0) is 45.7 Å². The first-order chi connectivity index (χ1) is 11.9. The van der Waals surface area contributed by atoms with Crippen molar-refractivity contribution < 1.29 is 0 Å². The van der Waals surface area contributed by atoms with Crippen LogP contribution in [0.2, 0.25) is 0 Å². The average Bonchev–Trinajstić information content (AvgIpc) is 3.12. The predicted octanol–water partition coefficient (Wildman–Crippen LogP) is 6.67. The molecule has 0 radical (unpaired) electrons. The van der Waals surface area contributed by atoms with Gasteiger partial charge in [0.25, 0.3) is 0 Å². The standard InChI is InChI=1S/C23H18S/c1-3-7-20(8-4-1)21-13-11-18(12-14-21)15-19-16-23(24-17-19)22-9-5-2-6-10-22/h1-14,16-17H,15H2. The van der Waals surface area contributed by atoms with Crippen LogP contribution in [0.1, 0.15) is 11.1 Å². The molecule has 0 aliphatic rings. The molecule has 0 aliphatic carbocycles. The zero-order chi connectivity index (χ0) is 16.2. The van der Waals surface area contributed by atoms with Crippen LogP contribution >= 0.6 is 11.3 Å². The quantitative estimate of drug-likeness (QED) is 0.393. The topological polar surface area (TPSA) is 0 Å². The maximum atomic E-state index is 2.31. The van der Waals surface area contributed by atoms with Crippen molar-refractivity contribution >= 4 is 11.3 Å². The van der Waals surface area contributed by atoms with Gasteiger partial charge in [0.2, 0.25) is 0 Å². The van der Waals surface area contributed by atoms with Crippen molar-refractivity contribution in [1.29, 1.82) is 0 Å². The van der Waals surface area contributed by atoms with E-state index in [1.165, 1.54) is 32.7 Å². The second-order valence-corrected chi connectivity index (χ2v) is 6.84. The van der Waals surface area contributed by atoms with Crippen molar-refractivity contribution in [3.05, 3.63) is 108 Å². The minimum absolute atomic E-state index is 0.985. The van der Waals surface area contributed by atoms with Crippen molar-refractivity contribution in [1.82, 2.24) is 0 Å². The summed E-state index contributed by atoms with van der Waals surface area (Å²) in [7, 11) is 0. The molecule has 0 nitrogen and oxygen atoms in total. The molecular weight excluding hydrogens is 308 g/mol. The largest absolute Gasteiger partial charge is 0.144 e. The number of hydrogen-bond donors (Lipinski definition) is 0. The number of rotatable bonds is 4. The molecule has 0 spiro atoms. The molecule has 0 bridgehead atoms. The van der Waals surface area contributed by atoms with E-state index in [2.05, 4.69) is 96.4 Å². The van der Waals surface area contributed by atoms with Crippen LogP contribution in [0, 0.1) is 0 Å². The third kappa shape index (κ3) is 3.32. The summed E-state index contributed by atoms with van der Waals surface area (Å²) < 4.78 is 0. The van der Waals surface area contributed by atoms with Crippen LogP contribution in [-0.4, -0.2) is 0 Å². The van der Waals surface area contributed by atoms with E-state index in [1.54, 1.807) is 0 Å². The van der Waals surface area contributed by atoms with E-state index < -0.39 is 0 Å². The first-order valence-electron chi connectivity index (χ1n) is 8.16. The second-order valence-electron chi connectivity index (χ2n) is 5.92. The highest BCUT2D eigenvalue weighted by molar-refractivity contribution is 7.13. The summed E-state index contributed by atoms with van der Waals surface area (Å²) in [6, 6.07) is 32.3. The van der Waals surface area contributed by atoms with Crippen LogP contribution in [0.25, 0.3) is 21.6 Å². The van der Waals surface area contributed by atoms with Crippen LogP contribution in [0.3, 0.4) is 0 Å². The minimum atomic E-state index is 0.985. The summed E-state index contributed by atoms with van der Waals surface area (Å²) >= 11 is 1.82. The zero-order valence-corrected chi connectivity index (χ0v) is 14.2. The fourth-order valence-electron chi connectivity index (χ4n) is 2.90. The van der Waals surface area contributed by atoms with Gasteiger partial charge >= 0.3 is 0 Å². The Kier molecular flexibility index (Phi) is 4.26. The zero-order valence-electron chi connectivity index (χ0n) is 13.4. The van der Waals surface area contributed by atoms with Crippen molar-refractivity contribution in [2.45, 2.75) is 6.42 Å². The molecule has 1 aromatic heterocycles. The van der Waals surface area contributed by atoms with Gasteiger partial charge in [-0.3, -0.25) is 0 Å². The lowest BCUT2D eigenvalue weighted by atomic mass is 10.0. The lowest BCUT2D eigenvalue weighted by Crippen LogP contribution is -1.86. The summed E-state index contributed by atoms with van der Waals surface area (Å²) in [5.74, 6) is 0. The normalized spacial score (nSPS) is 10.7. The number of benzene rings is 3. The predicted molar refractivity (Wildman–Crippen MR) is 104 cm³/mol. The fourth-order valence-corrected chi connectivity index (χ4v) is 3.82. The van der Waals surface area contributed by atoms with E-state index in [4.69, 9.17) is 0 Å².